The minimum Gasteiger partial charge on any atom is -0.0617 e. The van der Waals surface area contributed by atoms with Crippen molar-refractivity contribution in [1.82, 2.24) is 0 Å². The molecule has 1 aliphatic rings. The van der Waals surface area contributed by atoms with Crippen LogP contribution >= 0.6 is 0 Å². The van der Waals surface area contributed by atoms with E-state index in [-0.39, 0.29) is 0 Å². The molecule has 0 saturated heterocycles. The van der Waals surface area contributed by atoms with Crippen molar-refractivity contribution < 1.29 is 0 Å². The van der Waals surface area contributed by atoms with Gasteiger partial charge in [-0.1, -0.05) is 59.7 Å². The van der Waals surface area contributed by atoms with E-state index < -0.39 is 0 Å². The Morgan fingerprint density at radius 1 is 0.941 bits per heavy atom. The highest BCUT2D eigenvalue weighted by Crippen LogP contribution is 2.48. The lowest BCUT2D eigenvalue weighted by molar-refractivity contribution is 0.328. The quantitative estimate of drug-likeness (QED) is 0.625. The number of hydrogen-bond acceptors (Lipinski definition) is 0. The van der Waals surface area contributed by atoms with Crippen molar-refractivity contribution in [1.29, 1.82) is 0 Å². The highest BCUT2D eigenvalue weighted by Gasteiger charge is 2.38. The average molecular weight is 230 g/mol. The van der Waals surface area contributed by atoms with Crippen molar-refractivity contribution in [2.45, 2.75) is 71.1 Å². The maximum absolute atomic E-state index is 2.41. The predicted molar refractivity (Wildman–Crippen MR) is 75.8 cm³/mol. The van der Waals surface area contributed by atoms with Crippen LogP contribution in [0.4, 0.5) is 0 Å². The van der Waals surface area contributed by atoms with Crippen molar-refractivity contribution in [3.8, 4) is 0 Å². The highest BCUT2D eigenvalue weighted by molar-refractivity contribution is 5.47. The molecule has 1 aromatic carbocycles. The van der Waals surface area contributed by atoms with E-state index in [1.165, 1.54) is 12.8 Å². The first kappa shape index (κ1) is 12.7. The molecule has 2 rings (SSSR count). The summed E-state index contributed by atoms with van der Waals surface area (Å²) in [4.78, 5) is 0. The minimum atomic E-state index is 0.339. The zero-order chi connectivity index (χ0) is 12.8. The molecular weight excluding hydrogens is 204 g/mol. The Bertz CT molecular complexity index is 422. The second kappa shape index (κ2) is 3.86. The highest BCUT2D eigenvalue weighted by atomic mass is 14.4. The molecule has 0 radical (unpaired) electrons. The van der Waals surface area contributed by atoms with Gasteiger partial charge in [0.15, 0.2) is 0 Å². The lowest BCUT2D eigenvalue weighted by Gasteiger charge is -2.43. The number of hydrogen-bond donors (Lipinski definition) is 0. The van der Waals surface area contributed by atoms with Gasteiger partial charge in [0.25, 0.3) is 0 Å². The summed E-state index contributed by atoms with van der Waals surface area (Å²) in [5.41, 5.74) is 5.45. The molecule has 17 heavy (non-hydrogen) atoms. The van der Waals surface area contributed by atoms with E-state index in [2.05, 4.69) is 59.7 Å². The molecule has 0 saturated carbocycles. The maximum atomic E-state index is 2.41. The van der Waals surface area contributed by atoms with E-state index >= 15 is 0 Å². The molecule has 0 N–H and O–H groups in total. The first-order chi connectivity index (χ1) is 7.76. The van der Waals surface area contributed by atoms with Crippen LogP contribution in [0.15, 0.2) is 18.2 Å². The molecular formula is C17H26. The molecule has 0 fully saturated rings. The number of fused-ring (bicyclic) bond motifs is 1. The second-order valence-corrected chi connectivity index (χ2v) is 7.19. The zero-order valence-electron chi connectivity index (χ0n) is 12.2. The Labute approximate surface area is 106 Å². The molecule has 0 spiro atoms. The largest absolute Gasteiger partial charge is 0.0617 e. The normalized spacial score (nSPS) is 21.4. The van der Waals surface area contributed by atoms with Crippen LogP contribution in [-0.2, 0) is 10.8 Å². The van der Waals surface area contributed by atoms with Gasteiger partial charge in [-0.3, -0.25) is 0 Å². The van der Waals surface area contributed by atoms with Gasteiger partial charge < -0.3 is 0 Å². The van der Waals surface area contributed by atoms with Crippen molar-refractivity contribution in [2.24, 2.45) is 0 Å². The molecule has 0 amide bonds. The van der Waals surface area contributed by atoms with Gasteiger partial charge >= 0.3 is 0 Å². The molecule has 1 aromatic rings. The minimum absolute atomic E-state index is 0.339. The molecule has 0 nitrogen and oxygen atoms in total. The first-order valence-electron chi connectivity index (χ1n) is 6.89. The summed E-state index contributed by atoms with van der Waals surface area (Å²) in [6.07, 6.45) is 2.60. The summed E-state index contributed by atoms with van der Waals surface area (Å²) in [7, 11) is 0. The van der Waals surface area contributed by atoms with Crippen LogP contribution in [-0.4, -0.2) is 0 Å². The Balaban J connectivity index is 2.71. The van der Waals surface area contributed by atoms with Gasteiger partial charge in [-0.2, -0.15) is 0 Å². The zero-order valence-corrected chi connectivity index (χ0v) is 12.2. The molecule has 0 bridgehead atoms. The van der Waals surface area contributed by atoms with E-state index in [4.69, 9.17) is 0 Å². The van der Waals surface area contributed by atoms with Crippen LogP contribution in [0, 0.1) is 0 Å². The van der Waals surface area contributed by atoms with E-state index in [1.807, 2.05) is 0 Å². The van der Waals surface area contributed by atoms with Crippen molar-refractivity contribution in [2.75, 3.05) is 0 Å². The van der Waals surface area contributed by atoms with E-state index in [0.29, 0.717) is 16.7 Å². The third-order valence-electron chi connectivity index (χ3n) is 4.50. The van der Waals surface area contributed by atoms with Gasteiger partial charge in [0.05, 0.1) is 0 Å². The van der Waals surface area contributed by atoms with Gasteiger partial charge in [-0.05, 0) is 46.3 Å². The van der Waals surface area contributed by atoms with E-state index in [1.54, 1.807) is 16.7 Å². The topological polar surface area (TPSA) is 0 Å². The Hall–Kier alpha value is -0.780. The van der Waals surface area contributed by atoms with Gasteiger partial charge in [0, 0.05) is 0 Å². The van der Waals surface area contributed by atoms with E-state index in [0.717, 1.165) is 0 Å². The SMILES string of the molecule is CC(C)c1cccc2c1C(C)(C)CCC2(C)C. The van der Waals surface area contributed by atoms with Crippen LogP contribution in [0.1, 0.15) is 77.0 Å². The number of rotatable bonds is 1. The van der Waals surface area contributed by atoms with Crippen LogP contribution in [0.3, 0.4) is 0 Å². The van der Waals surface area contributed by atoms with Crippen LogP contribution in [0.2, 0.25) is 0 Å². The summed E-state index contributed by atoms with van der Waals surface area (Å²) in [5.74, 6) is 0.623. The maximum Gasteiger partial charge on any atom is -0.00975 e. The molecule has 0 heterocycles. The second-order valence-electron chi connectivity index (χ2n) is 7.19. The Morgan fingerprint density at radius 2 is 1.53 bits per heavy atom. The van der Waals surface area contributed by atoms with Gasteiger partial charge in [-0.25, -0.2) is 0 Å². The fraction of sp³-hybridized carbons (Fsp3) is 0.647. The predicted octanol–water partition coefficient (Wildman–Crippen LogP) is 5.16. The first-order valence-corrected chi connectivity index (χ1v) is 6.89. The lowest BCUT2D eigenvalue weighted by Crippen LogP contribution is -2.35. The molecule has 1 aliphatic carbocycles. The average Bonchev–Trinajstić information content (AvgIpc) is 2.24. The van der Waals surface area contributed by atoms with Crippen molar-refractivity contribution in [3.63, 3.8) is 0 Å². The van der Waals surface area contributed by atoms with Gasteiger partial charge in [0.1, 0.15) is 0 Å². The van der Waals surface area contributed by atoms with Crippen LogP contribution in [0.25, 0.3) is 0 Å². The fourth-order valence-corrected chi connectivity index (χ4v) is 3.26. The summed E-state index contributed by atoms with van der Waals surface area (Å²) < 4.78 is 0. The molecule has 0 unspecified atom stereocenters. The van der Waals surface area contributed by atoms with Gasteiger partial charge in [-0.15, -0.1) is 0 Å². The standard InChI is InChI=1S/C17H26/c1-12(2)13-8-7-9-14-15(13)17(5,6)11-10-16(14,3)4/h7-9,12H,10-11H2,1-6H3. The van der Waals surface area contributed by atoms with Crippen molar-refractivity contribution in [3.05, 3.63) is 34.9 Å². The fourth-order valence-electron chi connectivity index (χ4n) is 3.26. The summed E-state index contributed by atoms with van der Waals surface area (Å²) in [6.45, 7) is 14.2. The molecule has 0 aliphatic heterocycles. The Kier molecular flexibility index (Phi) is 2.88. The molecule has 94 valence electrons. The van der Waals surface area contributed by atoms with Gasteiger partial charge in [0.2, 0.25) is 0 Å². The monoisotopic (exact) mass is 230 g/mol. The lowest BCUT2D eigenvalue weighted by atomic mass is 9.61. The smallest absolute Gasteiger partial charge is 0.00975 e. The summed E-state index contributed by atoms with van der Waals surface area (Å²) in [6, 6.07) is 6.92. The van der Waals surface area contributed by atoms with E-state index in [9.17, 15) is 0 Å². The summed E-state index contributed by atoms with van der Waals surface area (Å²) in [5, 5.41) is 0. The molecule has 0 aromatic heterocycles. The molecule has 0 heteroatoms. The molecule has 0 atom stereocenters. The van der Waals surface area contributed by atoms with Crippen molar-refractivity contribution >= 4 is 0 Å². The third-order valence-corrected chi connectivity index (χ3v) is 4.50. The van der Waals surface area contributed by atoms with Crippen LogP contribution in [0.5, 0.6) is 0 Å². The third kappa shape index (κ3) is 2.03. The number of benzene rings is 1. The summed E-state index contributed by atoms with van der Waals surface area (Å²) >= 11 is 0. The Morgan fingerprint density at radius 3 is 2.12 bits per heavy atom. The van der Waals surface area contributed by atoms with Crippen LogP contribution < -0.4 is 0 Å².